The molecule has 34 heavy (non-hydrogen) atoms. The van der Waals surface area contributed by atoms with Gasteiger partial charge in [0.2, 0.25) is 10.0 Å². The third-order valence-corrected chi connectivity index (χ3v) is 7.50. The second-order valence-electron chi connectivity index (χ2n) is 8.04. The summed E-state index contributed by atoms with van der Waals surface area (Å²) in [7, 11) is -3.81. The van der Waals surface area contributed by atoms with Crippen LogP contribution < -0.4 is 9.46 Å². The van der Waals surface area contributed by atoms with Gasteiger partial charge >= 0.3 is 5.97 Å². The summed E-state index contributed by atoms with van der Waals surface area (Å²) in [5.41, 5.74) is 0.835. The Kier molecular flexibility index (Phi) is 8.93. The summed E-state index contributed by atoms with van der Waals surface area (Å²) in [5, 5.41) is 0.0871. The number of hydrogen-bond acceptors (Lipinski definition) is 6. The topological polar surface area (TPSA) is 102 Å². The lowest BCUT2D eigenvalue weighted by atomic mass is 9.97. The van der Waals surface area contributed by atoms with Gasteiger partial charge in [0.25, 0.3) is 5.91 Å². The zero-order valence-corrected chi connectivity index (χ0v) is 20.8. The van der Waals surface area contributed by atoms with Crippen LogP contribution in [0, 0.1) is 5.92 Å². The second kappa shape index (κ2) is 11.7. The van der Waals surface area contributed by atoms with E-state index in [1.165, 1.54) is 18.2 Å². The van der Waals surface area contributed by atoms with Gasteiger partial charge in [-0.3, -0.25) is 9.59 Å². The van der Waals surface area contributed by atoms with E-state index in [-0.39, 0.29) is 40.1 Å². The van der Waals surface area contributed by atoms with E-state index in [0.717, 1.165) is 5.56 Å². The zero-order valence-electron chi connectivity index (χ0n) is 19.2. The average Bonchev–Trinajstić information content (AvgIpc) is 2.83. The maximum absolute atomic E-state index is 12.8. The number of piperidine rings is 1. The molecule has 2 aromatic carbocycles. The number of nitrogens with one attached hydrogen (secondary N) is 1. The van der Waals surface area contributed by atoms with Gasteiger partial charge in [-0.2, -0.15) is 0 Å². The summed E-state index contributed by atoms with van der Waals surface area (Å²) in [6, 6.07) is 12.9. The number of carbonyl (C=O) groups excluding carboxylic acids is 2. The Hall–Kier alpha value is -2.62. The normalized spacial score (nSPS) is 15.6. The van der Waals surface area contributed by atoms with Crippen LogP contribution in [-0.4, -0.2) is 51.5 Å². The minimum atomic E-state index is -3.81. The molecule has 0 aliphatic carbocycles. The number of nitrogens with zero attached hydrogens (tertiary/aromatic N) is 1. The van der Waals surface area contributed by atoms with E-state index in [9.17, 15) is 18.0 Å². The number of rotatable bonds is 9. The number of esters is 1. The van der Waals surface area contributed by atoms with Crippen molar-refractivity contribution >= 4 is 33.5 Å². The van der Waals surface area contributed by atoms with Gasteiger partial charge in [-0.1, -0.05) is 41.9 Å². The molecule has 1 aliphatic rings. The minimum absolute atomic E-state index is 0.00000433. The molecule has 0 aromatic heterocycles. The van der Waals surface area contributed by atoms with Crippen molar-refractivity contribution < 1.29 is 27.5 Å². The van der Waals surface area contributed by atoms with Gasteiger partial charge in [0, 0.05) is 19.1 Å². The lowest BCUT2D eigenvalue weighted by molar-refractivity contribution is -0.151. The largest absolute Gasteiger partial charge is 0.482 e. The molecular weight excluding hydrogens is 480 g/mol. The fraction of sp³-hybridized carbons (Fsp3) is 0.417. The maximum Gasteiger partial charge on any atom is 0.309 e. The van der Waals surface area contributed by atoms with Crippen molar-refractivity contribution in [1.29, 1.82) is 0 Å². The minimum Gasteiger partial charge on any atom is -0.482 e. The van der Waals surface area contributed by atoms with Crippen LogP contribution in [-0.2, 0) is 24.3 Å². The van der Waals surface area contributed by atoms with E-state index in [4.69, 9.17) is 21.1 Å². The second-order valence-corrected chi connectivity index (χ2v) is 10.2. The molecule has 0 unspecified atom stereocenters. The molecule has 8 nitrogen and oxygen atoms in total. The zero-order chi connectivity index (χ0) is 24.7. The van der Waals surface area contributed by atoms with E-state index in [1.54, 1.807) is 18.7 Å². The van der Waals surface area contributed by atoms with Crippen LogP contribution in [0.15, 0.2) is 53.4 Å². The summed E-state index contributed by atoms with van der Waals surface area (Å²) in [6.07, 6.45) is 1.10. The molecule has 1 fully saturated rings. The van der Waals surface area contributed by atoms with E-state index in [2.05, 4.69) is 4.72 Å². The van der Waals surface area contributed by atoms with Gasteiger partial charge in [0.1, 0.15) is 5.75 Å². The number of halogens is 1. The maximum atomic E-state index is 12.8. The van der Waals surface area contributed by atoms with Crippen LogP contribution in [0.2, 0.25) is 5.02 Å². The summed E-state index contributed by atoms with van der Waals surface area (Å²) >= 11 is 6.25. The number of likely N-dealkylation sites (tertiary alicyclic amines) is 1. The van der Waals surface area contributed by atoms with Crippen molar-refractivity contribution in [2.24, 2.45) is 5.92 Å². The van der Waals surface area contributed by atoms with Crippen molar-refractivity contribution in [3.8, 4) is 5.75 Å². The molecule has 1 saturated heterocycles. The number of carbonyl (C=O) groups is 2. The molecule has 0 saturated carbocycles. The number of sulfonamides is 1. The molecule has 1 heterocycles. The molecule has 184 valence electrons. The predicted molar refractivity (Wildman–Crippen MR) is 128 cm³/mol. The van der Waals surface area contributed by atoms with Gasteiger partial charge in [-0.15, -0.1) is 0 Å². The summed E-state index contributed by atoms with van der Waals surface area (Å²) in [5.74, 6) is -0.424. The van der Waals surface area contributed by atoms with Gasteiger partial charge in [0.15, 0.2) is 6.61 Å². The van der Waals surface area contributed by atoms with Gasteiger partial charge in [-0.25, -0.2) is 13.1 Å². The first-order chi connectivity index (χ1) is 16.2. The van der Waals surface area contributed by atoms with E-state index in [0.29, 0.717) is 32.5 Å². The van der Waals surface area contributed by atoms with Crippen LogP contribution >= 0.6 is 11.6 Å². The first-order valence-corrected chi connectivity index (χ1v) is 13.0. The quantitative estimate of drug-likeness (QED) is 0.520. The highest BCUT2D eigenvalue weighted by Crippen LogP contribution is 2.28. The summed E-state index contributed by atoms with van der Waals surface area (Å²) in [6.45, 7) is 4.52. The molecule has 1 aliphatic heterocycles. The van der Waals surface area contributed by atoms with Crippen molar-refractivity contribution in [3.63, 3.8) is 0 Å². The number of ether oxygens (including phenoxy) is 2. The Morgan fingerprint density at radius 2 is 1.82 bits per heavy atom. The molecule has 1 amide bonds. The van der Waals surface area contributed by atoms with E-state index < -0.39 is 16.1 Å². The Balaban J connectivity index is 1.55. The first-order valence-electron chi connectivity index (χ1n) is 11.1. The van der Waals surface area contributed by atoms with Gasteiger partial charge in [-0.05, 0) is 50.5 Å². The molecule has 10 heteroatoms. The number of hydrogen-bond donors (Lipinski definition) is 1. The SMILES string of the molecule is CCOC(=O)C1CCN(C(=O)COc2ccc(S(=O)(=O)N[C@H](C)c3ccccc3)cc2Cl)CC1. The average molecular weight is 509 g/mol. The Morgan fingerprint density at radius 3 is 2.44 bits per heavy atom. The van der Waals surface area contributed by atoms with Crippen LogP contribution in [0.4, 0.5) is 0 Å². The predicted octanol–water partition coefficient (Wildman–Crippen LogP) is 3.56. The third kappa shape index (κ3) is 6.71. The first kappa shape index (κ1) is 26.0. The fourth-order valence-electron chi connectivity index (χ4n) is 3.73. The lowest BCUT2D eigenvalue weighted by Crippen LogP contribution is -2.42. The Morgan fingerprint density at radius 1 is 1.15 bits per heavy atom. The smallest absolute Gasteiger partial charge is 0.309 e. The van der Waals surface area contributed by atoms with Crippen molar-refractivity contribution in [1.82, 2.24) is 9.62 Å². The molecule has 3 rings (SSSR count). The number of amides is 1. The molecule has 1 atom stereocenters. The molecule has 0 bridgehead atoms. The van der Waals surface area contributed by atoms with Crippen molar-refractivity contribution in [2.75, 3.05) is 26.3 Å². The van der Waals surface area contributed by atoms with E-state index in [1.807, 2.05) is 30.3 Å². The van der Waals surface area contributed by atoms with Crippen LogP contribution in [0.3, 0.4) is 0 Å². The Labute approximate surface area is 205 Å². The van der Waals surface area contributed by atoms with Gasteiger partial charge < -0.3 is 14.4 Å². The van der Waals surface area contributed by atoms with Gasteiger partial charge in [0.05, 0.1) is 22.4 Å². The highest BCUT2D eigenvalue weighted by Gasteiger charge is 2.28. The molecule has 0 spiro atoms. The highest BCUT2D eigenvalue weighted by molar-refractivity contribution is 7.89. The highest BCUT2D eigenvalue weighted by atomic mass is 35.5. The van der Waals surface area contributed by atoms with Crippen LogP contribution in [0.5, 0.6) is 5.75 Å². The number of benzene rings is 2. The summed E-state index contributed by atoms with van der Waals surface area (Å²) in [4.78, 5) is 26.0. The standard InChI is InChI=1S/C24H29ClN2O6S/c1-3-32-24(29)19-11-13-27(14-12-19)23(28)16-33-22-10-9-20(15-21(22)25)34(30,31)26-17(2)18-7-5-4-6-8-18/h4-10,15,17,19,26H,3,11-14,16H2,1-2H3/t17-/m1/s1. The monoisotopic (exact) mass is 508 g/mol. The fourth-order valence-corrected chi connectivity index (χ4v) is 5.29. The summed E-state index contributed by atoms with van der Waals surface area (Å²) < 4.78 is 38.7. The molecule has 2 aromatic rings. The third-order valence-electron chi connectivity index (χ3n) is 5.66. The van der Waals surface area contributed by atoms with Crippen molar-refractivity contribution in [3.05, 3.63) is 59.1 Å². The van der Waals surface area contributed by atoms with Crippen LogP contribution in [0.25, 0.3) is 0 Å². The lowest BCUT2D eigenvalue weighted by Gasteiger charge is -2.30. The molecular formula is C24H29ClN2O6S. The molecule has 1 N–H and O–H groups in total. The molecule has 0 radical (unpaired) electrons. The van der Waals surface area contributed by atoms with E-state index >= 15 is 0 Å². The van der Waals surface area contributed by atoms with Crippen LogP contribution in [0.1, 0.15) is 38.3 Å². The Bertz CT molecular complexity index is 1100. The van der Waals surface area contributed by atoms with Crippen molar-refractivity contribution in [2.45, 2.75) is 37.6 Å².